The van der Waals surface area contributed by atoms with E-state index in [4.69, 9.17) is 30.5 Å². The van der Waals surface area contributed by atoms with Gasteiger partial charge in [0.05, 0.1) is 26.4 Å². The lowest BCUT2D eigenvalue weighted by Crippen LogP contribution is -2.47. The molecular formula is C49H60ClNO6. The summed E-state index contributed by atoms with van der Waals surface area (Å²) in [4.78, 5) is 27.6. The van der Waals surface area contributed by atoms with Gasteiger partial charge in [-0.05, 0) is 137 Å². The van der Waals surface area contributed by atoms with Crippen molar-refractivity contribution in [3.8, 4) is 0 Å². The highest BCUT2D eigenvalue weighted by Gasteiger charge is 2.47. The number of Topliss-reactive ketones (excluding diaryl/α,β-unsaturated/α-hetero) is 2. The first-order valence-corrected chi connectivity index (χ1v) is 21.7. The van der Waals surface area contributed by atoms with E-state index >= 15 is 0 Å². The standard InChI is InChI=1S/C24H29NO3.C20H21ClO3.C5H10/c1-16(26)22-18-7-6-8-21(25-9-4-5-10-25)19(18)11-17-12-24(13-20(17)22)14-27-23(2,3)28-15-24;1-12(22)18-14-5-4-6-17(21)15(14)7-13-8-20(9-16(13)18)10-23-19(2,3)24-11-20;1-2-4-5-3-1/h6-8,11H,4-5,9-10,12-15H2,1-3H3;4-7H,8-11H2,1-3H3;1-5H2. The Morgan fingerprint density at radius 1 is 0.561 bits per heavy atom. The lowest BCUT2D eigenvalue weighted by molar-refractivity contribution is -0.284. The Bertz CT molecular complexity index is 2170. The number of ketones is 2. The second-order valence-corrected chi connectivity index (χ2v) is 19.1. The average Bonchev–Trinajstić information content (AvgIpc) is 4.01. The van der Waals surface area contributed by atoms with Crippen molar-refractivity contribution in [1.82, 2.24) is 0 Å². The van der Waals surface area contributed by atoms with E-state index in [1.165, 1.54) is 72.7 Å². The van der Waals surface area contributed by atoms with E-state index < -0.39 is 11.6 Å². The average molecular weight is 794 g/mol. The maximum Gasteiger partial charge on any atom is 0.162 e. The topological polar surface area (TPSA) is 74.3 Å². The zero-order chi connectivity index (χ0) is 40.2. The first kappa shape index (κ1) is 40.4. The third-order valence-electron chi connectivity index (χ3n) is 13.2. The molecule has 10 rings (SSSR count). The van der Waals surface area contributed by atoms with Crippen molar-refractivity contribution < 1.29 is 28.5 Å². The lowest BCUT2D eigenvalue weighted by Gasteiger charge is -2.41. The van der Waals surface area contributed by atoms with Gasteiger partial charge in [-0.1, -0.05) is 68.0 Å². The SMILES string of the molecule is C1CCCC1.CC(=O)c1c2c(cc3c(Cl)cccc13)CC1(COC(C)(C)OC1)C2.CC(=O)c1c2c(cc3c(N4CCCC4)cccc13)CC1(COC(C)(C)OC1)C2. The minimum atomic E-state index is -0.530. The fourth-order valence-electron chi connectivity index (χ4n) is 10.2. The number of benzene rings is 4. The lowest BCUT2D eigenvalue weighted by atomic mass is 9.85. The highest BCUT2D eigenvalue weighted by atomic mass is 35.5. The van der Waals surface area contributed by atoms with Crippen LogP contribution in [0.3, 0.4) is 0 Å². The van der Waals surface area contributed by atoms with Gasteiger partial charge in [-0.3, -0.25) is 9.59 Å². The zero-order valence-electron chi connectivity index (χ0n) is 34.9. The van der Waals surface area contributed by atoms with Crippen LogP contribution < -0.4 is 4.90 Å². The summed E-state index contributed by atoms with van der Waals surface area (Å²) in [6, 6.07) is 16.7. The van der Waals surface area contributed by atoms with Gasteiger partial charge < -0.3 is 23.8 Å². The molecular weight excluding hydrogens is 734 g/mol. The fraction of sp³-hybridized carbons (Fsp3) is 0.551. The highest BCUT2D eigenvalue weighted by molar-refractivity contribution is 6.36. The molecule has 0 unspecified atom stereocenters. The molecule has 3 aliphatic heterocycles. The minimum Gasteiger partial charge on any atom is -0.371 e. The van der Waals surface area contributed by atoms with E-state index in [2.05, 4.69) is 35.2 Å². The van der Waals surface area contributed by atoms with Gasteiger partial charge in [-0.2, -0.15) is 0 Å². The van der Waals surface area contributed by atoms with Crippen LogP contribution in [0.25, 0.3) is 21.5 Å². The monoisotopic (exact) mass is 793 g/mol. The molecule has 4 fully saturated rings. The number of halogens is 1. The molecule has 7 nitrogen and oxygen atoms in total. The van der Waals surface area contributed by atoms with Crippen LogP contribution in [0.15, 0.2) is 48.5 Å². The summed E-state index contributed by atoms with van der Waals surface area (Å²) >= 11 is 6.39. The van der Waals surface area contributed by atoms with Gasteiger partial charge in [-0.25, -0.2) is 0 Å². The van der Waals surface area contributed by atoms with Crippen LogP contribution in [-0.2, 0) is 44.6 Å². The Hall–Kier alpha value is -3.33. The number of nitrogens with zero attached hydrogens (tertiary/aromatic N) is 1. The predicted molar refractivity (Wildman–Crippen MR) is 229 cm³/mol. The Kier molecular flexibility index (Phi) is 11.1. The van der Waals surface area contributed by atoms with Gasteiger partial charge in [0, 0.05) is 56.5 Å². The van der Waals surface area contributed by atoms with Crippen LogP contribution in [-0.4, -0.2) is 62.7 Å². The molecule has 8 heteroatoms. The molecule has 3 aliphatic carbocycles. The summed E-state index contributed by atoms with van der Waals surface area (Å²) < 4.78 is 23.9. The molecule has 0 atom stereocenters. The van der Waals surface area contributed by atoms with Crippen molar-refractivity contribution in [2.45, 2.75) is 124 Å². The van der Waals surface area contributed by atoms with E-state index in [0.29, 0.717) is 31.5 Å². The molecule has 4 aromatic carbocycles. The molecule has 57 heavy (non-hydrogen) atoms. The molecule has 2 spiro atoms. The zero-order valence-corrected chi connectivity index (χ0v) is 35.7. The number of ether oxygens (including phenoxy) is 4. The normalized spacial score (nSPS) is 22.2. The summed E-state index contributed by atoms with van der Waals surface area (Å²) in [6.45, 7) is 16.0. The summed E-state index contributed by atoms with van der Waals surface area (Å²) in [5.41, 5.74) is 7.73. The number of hydrogen-bond donors (Lipinski definition) is 0. The van der Waals surface area contributed by atoms with Crippen molar-refractivity contribution in [2.24, 2.45) is 10.8 Å². The largest absolute Gasteiger partial charge is 0.371 e. The van der Waals surface area contributed by atoms with Gasteiger partial charge in [0.1, 0.15) is 0 Å². The second kappa shape index (κ2) is 15.7. The molecule has 1 saturated carbocycles. The first-order chi connectivity index (χ1) is 27.2. The van der Waals surface area contributed by atoms with Gasteiger partial charge >= 0.3 is 0 Å². The van der Waals surface area contributed by atoms with Crippen molar-refractivity contribution in [1.29, 1.82) is 0 Å². The number of carbonyl (C=O) groups is 2. The van der Waals surface area contributed by atoms with Crippen molar-refractivity contribution >= 4 is 50.4 Å². The van der Waals surface area contributed by atoms with E-state index in [9.17, 15) is 9.59 Å². The number of hydrogen-bond acceptors (Lipinski definition) is 7. The third kappa shape index (κ3) is 8.17. The van der Waals surface area contributed by atoms with Crippen LogP contribution in [0.2, 0.25) is 5.02 Å². The Balaban J connectivity index is 0.000000143. The van der Waals surface area contributed by atoms with Gasteiger partial charge in [-0.15, -0.1) is 0 Å². The van der Waals surface area contributed by atoms with E-state index in [0.717, 1.165) is 71.6 Å². The summed E-state index contributed by atoms with van der Waals surface area (Å²) in [5.74, 6) is -0.793. The number of carbonyl (C=O) groups excluding carboxylic acids is 2. The number of fused-ring (bicyclic) bond motifs is 4. The van der Waals surface area contributed by atoms with E-state index in [1.54, 1.807) is 13.8 Å². The summed E-state index contributed by atoms with van der Waals surface area (Å²) in [5, 5.41) is 4.92. The van der Waals surface area contributed by atoms with Crippen molar-refractivity contribution in [2.75, 3.05) is 44.4 Å². The molecule has 4 aromatic rings. The molecule has 0 N–H and O–H groups in total. The fourth-order valence-corrected chi connectivity index (χ4v) is 10.4. The van der Waals surface area contributed by atoms with Gasteiger partial charge in [0.15, 0.2) is 23.1 Å². The smallest absolute Gasteiger partial charge is 0.162 e. The quantitative estimate of drug-likeness (QED) is 0.191. The summed E-state index contributed by atoms with van der Waals surface area (Å²) in [7, 11) is 0. The van der Waals surface area contributed by atoms with Crippen LogP contribution in [0.1, 0.15) is 129 Å². The minimum absolute atomic E-state index is 0.0484. The maximum atomic E-state index is 12.7. The molecule has 0 amide bonds. The Morgan fingerprint density at radius 3 is 1.44 bits per heavy atom. The molecule has 0 bridgehead atoms. The van der Waals surface area contributed by atoms with Gasteiger partial charge in [0.2, 0.25) is 0 Å². The van der Waals surface area contributed by atoms with Crippen molar-refractivity contribution in [3.05, 3.63) is 86.9 Å². The predicted octanol–water partition coefficient (Wildman–Crippen LogP) is 11.0. The maximum absolute atomic E-state index is 12.7. The number of rotatable bonds is 3. The second-order valence-electron chi connectivity index (χ2n) is 18.7. The first-order valence-electron chi connectivity index (χ1n) is 21.3. The van der Waals surface area contributed by atoms with E-state index in [-0.39, 0.29) is 22.4 Å². The van der Waals surface area contributed by atoms with E-state index in [1.807, 2.05) is 45.9 Å². The molecule has 304 valence electrons. The highest BCUT2D eigenvalue weighted by Crippen LogP contribution is 2.48. The number of anilines is 1. The van der Waals surface area contributed by atoms with Crippen molar-refractivity contribution in [3.63, 3.8) is 0 Å². The van der Waals surface area contributed by atoms with Crippen LogP contribution in [0.5, 0.6) is 0 Å². The van der Waals surface area contributed by atoms with Gasteiger partial charge in [0.25, 0.3) is 0 Å². The Labute approximate surface area is 343 Å². The van der Waals surface area contributed by atoms with Crippen LogP contribution in [0, 0.1) is 10.8 Å². The molecule has 0 radical (unpaired) electrons. The third-order valence-corrected chi connectivity index (χ3v) is 13.6. The summed E-state index contributed by atoms with van der Waals surface area (Å²) in [6.07, 6.45) is 13.4. The molecule has 3 saturated heterocycles. The molecule has 0 aromatic heterocycles. The molecule has 6 aliphatic rings. The molecule has 3 heterocycles. The Morgan fingerprint density at radius 2 is 0.982 bits per heavy atom. The van der Waals surface area contributed by atoms with Crippen LogP contribution >= 0.6 is 11.6 Å². The van der Waals surface area contributed by atoms with Crippen LogP contribution in [0.4, 0.5) is 5.69 Å².